The summed E-state index contributed by atoms with van der Waals surface area (Å²) >= 11 is 1.30. The topological polar surface area (TPSA) is 84.5 Å². The van der Waals surface area contributed by atoms with Crippen LogP contribution in [0.2, 0.25) is 0 Å². The zero-order chi connectivity index (χ0) is 19.9. The number of thiophene rings is 1. The number of benzene rings is 2. The van der Waals surface area contributed by atoms with E-state index in [0.29, 0.717) is 16.3 Å². The van der Waals surface area contributed by atoms with E-state index in [0.717, 1.165) is 0 Å². The average molecular weight is 398 g/mol. The Labute approximate surface area is 164 Å². The number of carbonyl (C=O) groups excluding carboxylic acids is 3. The summed E-state index contributed by atoms with van der Waals surface area (Å²) in [6, 6.07) is 14.9. The second-order valence-corrected chi connectivity index (χ2v) is 6.59. The van der Waals surface area contributed by atoms with Gasteiger partial charge in [-0.1, -0.05) is 12.1 Å². The van der Waals surface area contributed by atoms with Crippen LogP contribution in [0.4, 0.5) is 15.8 Å². The first-order valence-electron chi connectivity index (χ1n) is 8.19. The molecule has 0 unspecified atom stereocenters. The van der Waals surface area contributed by atoms with Crippen LogP contribution in [0, 0.1) is 5.82 Å². The van der Waals surface area contributed by atoms with Crippen molar-refractivity contribution in [3.8, 4) is 0 Å². The van der Waals surface area contributed by atoms with Gasteiger partial charge in [0.2, 0.25) is 0 Å². The number of nitrogens with one attached hydrogen (secondary N) is 2. The summed E-state index contributed by atoms with van der Waals surface area (Å²) in [7, 11) is 0. The molecule has 142 valence electrons. The van der Waals surface area contributed by atoms with E-state index >= 15 is 0 Å². The van der Waals surface area contributed by atoms with E-state index in [4.69, 9.17) is 4.74 Å². The fourth-order valence-electron chi connectivity index (χ4n) is 2.27. The van der Waals surface area contributed by atoms with Crippen LogP contribution in [0.25, 0.3) is 0 Å². The number of ether oxygens (including phenoxy) is 1. The van der Waals surface area contributed by atoms with Gasteiger partial charge in [-0.15, -0.1) is 11.3 Å². The van der Waals surface area contributed by atoms with Gasteiger partial charge in [0.15, 0.2) is 6.61 Å². The van der Waals surface area contributed by atoms with Crippen molar-refractivity contribution in [3.63, 3.8) is 0 Å². The van der Waals surface area contributed by atoms with Crippen LogP contribution in [-0.4, -0.2) is 24.4 Å². The van der Waals surface area contributed by atoms with Gasteiger partial charge < -0.3 is 15.4 Å². The number of carbonyl (C=O) groups is 3. The highest BCUT2D eigenvalue weighted by Crippen LogP contribution is 2.15. The van der Waals surface area contributed by atoms with Crippen LogP contribution in [0.5, 0.6) is 0 Å². The van der Waals surface area contributed by atoms with Crippen molar-refractivity contribution in [1.82, 2.24) is 0 Å². The smallest absolute Gasteiger partial charge is 0.338 e. The maximum Gasteiger partial charge on any atom is 0.338 e. The largest absolute Gasteiger partial charge is 0.452 e. The van der Waals surface area contributed by atoms with E-state index in [-0.39, 0.29) is 11.5 Å². The van der Waals surface area contributed by atoms with Crippen LogP contribution in [0.15, 0.2) is 66.0 Å². The summed E-state index contributed by atoms with van der Waals surface area (Å²) in [5, 5.41) is 6.98. The molecule has 0 radical (unpaired) electrons. The van der Waals surface area contributed by atoms with Gasteiger partial charge in [-0.2, -0.15) is 0 Å². The van der Waals surface area contributed by atoms with Crippen LogP contribution in [0.1, 0.15) is 20.0 Å². The zero-order valence-electron chi connectivity index (χ0n) is 14.5. The molecule has 0 aliphatic rings. The lowest BCUT2D eigenvalue weighted by Crippen LogP contribution is -2.21. The molecule has 2 N–H and O–H groups in total. The quantitative estimate of drug-likeness (QED) is 0.616. The van der Waals surface area contributed by atoms with Crippen molar-refractivity contribution in [2.75, 3.05) is 17.2 Å². The molecule has 2 amide bonds. The van der Waals surface area contributed by atoms with E-state index in [2.05, 4.69) is 10.6 Å². The number of rotatable bonds is 6. The lowest BCUT2D eigenvalue weighted by Gasteiger charge is -2.08. The van der Waals surface area contributed by atoms with Crippen LogP contribution in [0.3, 0.4) is 0 Å². The number of esters is 1. The monoisotopic (exact) mass is 398 g/mol. The summed E-state index contributed by atoms with van der Waals surface area (Å²) in [4.78, 5) is 36.6. The second-order valence-electron chi connectivity index (χ2n) is 5.64. The molecule has 3 rings (SSSR count). The first-order valence-corrected chi connectivity index (χ1v) is 9.07. The molecule has 1 heterocycles. The average Bonchev–Trinajstić information content (AvgIpc) is 3.23. The summed E-state index contributed by atoms with van der Waals surface area (Å²) in [5.41, 5.74) is 1.02. The molecule has 0 aliphatic carbocycles. The Hall–Kier alpha value is -3.52. The molecule has 0 saturated heterocycles. The predicted octanol–water partition coefficient (Wildman–Crippen LogP) is 3.94. The van der Waals surface area contributed by atoms with Crippen molar-refractivity contribution in [2.24, 2.45) is 0 Å². The molecule has 8 heteroatoms. The molecule has 0 fully saturated rings. The molecule has 2 aromatic carbocycles. The molecule has 0 saturated carbocycles. The van der Waals surface area contributed by atoms with Gasteiger partial charge in [0, 0.05) is 11.4 Å². The number of amides is 2. The number of halogens is 1. The molecular weight excluding hydrogens is 383 g/mol. The second kappa shape index (κ2) is 8.92. The van der Waals surface area contributed by atoms with E-state index in [1.54, 1.807) is 29.6 Å². The Kier molecular flexibility index (Phi) is 6.13. The Morgan fingerprint density at radius 2 is 1.71 bits per heavy atom. The van der Waals surface area contributed by atoms with Gasteiger partial charge in [0.1, 0.15) is 5.82 Å². The Morgan fingerprint density at radius 3 is 2.43 bits per heavy atom. The molecule has 6 nitrogen and oxygen atoms in total. The van der Waals surface area contributed by atoms with E-state index in [9.17, 15) is 18.8 Å². The third-order valence-corrected chi connectivity index (χ3v) is 4.43. The van der Waals surface area contributed by atoms with Crippen molar-refractivity contribution in [2.45, 2.75) is 0 Å². The molecule has 1 aromatic heterocycles. The van der Waals surface area contributed by atoms with Gasteiger partial charge in [0.05, 0.1) is 10.4 Å². The highest BCUT2D eigenvalue weighted by Gasteiger charge is 2.13. The SMILES string of the molecule is O=C(COC(=O)c1cccc(NC(=O)c2cccs2)c1)Nc1ccc(F)cc1. The van der Waals surface area contributed by atoms with Crippen LogP contribution in [-0.2, 0) is 9.53 Å². The van der Waals surface area contributed by atoms with Gasteiger partial charge in [-0.25, -0.2) is 9.18 Å². The molecule has 3 aromatic rings. The van der Waals surface area contributed by atoms with Crippen molar-refractivity contribution >= 4 is 40.5 Å². The van der Waals surface area contributed by atoms with Crippen molar-refractivity contribution in [3.05, 3.63) is 82.3 Å². The van der Waals surface area contributed by atoms with Crippen LogP contribution < -0.4 is 10.6 Å². The number of hydrogen-bond acceptors (Lipinski definition) is 5. The van der Waals surface area contributed by atoms with E-state index in [1.165, 1.54) is 47.7 Å². The molecule has 28 heavy (non-hydrogen) atoms. The van der Waals surface area contributed by atoms with Gasteiger partial charge in [-0.05, 0) is 53.9 Å². The number of anilines is 2. The predicted molar refractivity (Wildman–Crippen MR) is 104 cm³/mol. The van der Waals surface area contributed by atoms with Crippen molar-refractivity contribution < 1.29 is 23.5 Å². The fourth-order valence-corrected chi connectivity index (χ4v) is 2.89. The molecule has 0 aliphatic heterocycles. The summed E-state index contributed by atoms with van der Waals surface area (Å²) in [5.74, 6) is -1.96. The highest BCUT2D eigenvalue weighted by molar-refractivity contribution is 7.12. The van der Waals surface area contributed by atoms with Gasteiger partial charge >= 0.3 is 5.97 Å². The summed E-state index contributed by atoms with van der Waals surface area (Å²) in [6.45, 7) is -0.498. The normalized spacial score (nSPS) is 10.2. The Bertz CT molecular complexity index is 988. The minimum atomic E-state index is -0.707. The maximum atomic E-state index is 12.8. The van der Waals surface area contributed by atoms with Crippen molar-refractivity contribution in [1.29, 1.82) is 0 Å². The van der Waals surface area contributed by atoms with Crippen LogP contribution >= 0.6 is 11.3 Å². The van der Waals surface area contributed by atoms with Gasteiger partial charge in [0.25, 0.3) is 11.8 Å². The lowest BCUT2D eigenvalue weighted by molar-refractivity contribution is -0.119. The first-order chi connectivity index (χ1) is 13.5. The fraction of sp³-hybridized carbons (Fsp3) is 0.0500. The van der Waals surface area contributed by atoms with Gasteiger partial charge in [-0.3, -0.25) is 9.59 Å². The minimum absolute atomic E-state index is 0.193. The van der Waals surface area contributed by atoms with E-state index in [1.807, 2.05) is 0 Å². The minimum Gasteiger partial charge on any atom is -0.452 e. The standard InChI is InChI=1S/C20H15FN2O4S/c21-14-6-8-15(9-7-14)22-18(24)12-27-20(26)13-3-1-4-16(11-13)23-19(25)17-5-2-10-28-17/h1-11H,12H2,(H,22,24)(H,23,25). The maximum absolute atomic E-state index is 12.8. The Balaban J connectivity index is 1.54. The third-order valence-electron chi connectivity index (χ3n) is 3.56. The Morgan fingerprint density at radius 1 is 0.929 bits per heavy atom. The molecule has 0 spiro atoms. The summed E-state index contributed by atoms with van der Waals surface area (Å²) in [6.07, 6.45) is 0. The molecule has 0 atom stereocenters. The lowest BCUT2D eigenvalue weighted by atomic mass is 10.2. The zero-order valence-corrected chi connectivity index (χ0v) is 15.3. The van der Waals surface area contributed by atoms with E-state index < -0.39 is 24.3 Å². The molecule has 0 bridgehead atoms. The summed E-state index contributed by atoms with van der Waals surface area (Å²) < 4.78 is 17.8. The third kappa shape index (κ3) is 5.24. The molecular formula is C20H15FN2O4S. The number of hydrogen-bond donors (Lipinski definition) is 2. The first kappa shape index (κ1) is 19.2. The highest BCUT2D eigenvalue weighted by atomic mass is 32.1.